The Morgan fingerprint density at radius 2 is 1.81 bits per heavy atom. The highest BCUT2D eigenvalue weighted by atomic mass is 79.9. The second kappa shape index (κ2) is 6.33. The van der Waals surface area contributed by atoms with E-state index in [2.05, 4.69) is 20.7 Å². The highest BCUT2D eigenvalue weighted by Gasteiger charge is 2.30. The van der Waals surface area contributed by atoms with Gasteiger partial charge in [0.15, 0.2) is 0 Å². The van der Waals surface area contributed by atoms with Crippen molar-refractivity contribution in [2.75, 3.05) is 19.3 Å². The first-order valence-corrected chi connectivity index (χ1v) is 10.5. The van der Waals surface area contributed by atoms with Gasteiger partial charge in [-0.15, -0.1) is 0 Å². The molecule has 0 amide bonds. The number of benzene rings is 1. The molecule has 1 aromatic rings. The van der Waals surface area contributed by atoms with E-state index in [4.69, 9.17) is 0 Å². The van der Waals surface area contributed by atoms with Crippen LogP contribution in [0.1, 0.15) is 12.8 Å². The molecule has 1 aromatic carbocycles. The molecule has 1 aliphatic heterocycles. The number of nitrogens with zero attached hydrogens (tertiary/aromatic N) is 1. The first-order valence-electron chi connectivity index (χ1n) is 6.41. The molecule has 0 atom stereocenters. The molecule has 9 heteroatoms. The minimum absolute atomic E-state index is 0.200. The molecule has 1 heterocycles. The first-order chi connectivity index (χ1) is 9.68. The summed E-state index contributed by atoms with van der Waals surface area (Å²) in [4.78, 5) is 0.242. The standard InChI is InChI=1S/C12H17BrN2O4S2/c1-20(16,17)14-11-5-7-15(8-6-11)21(18,19)12-4-2-3-10(13)9-12/h2-4,9,11,14H,5-8H2,1H3. The molecule has 0 bridgehead atoms. The number of rotatable bonds is 4. The number of halogens is 1. The Labute approximate surface area is 133 Å². The molecular formula is C12H17BrN2O4S2. The van der Waals surface area contributed by atoms with E-state index < -0.39 is 20.0 Å². The van der Waals surface area contributed by atoms with Gasteiger partial charge >= 0.3 is 0 Å². The molecule has 1 N–H and O–H groups in total. The molecule has 0 unspecified atom stereocenters. The number of piperidine rings is 1. The third-order valence-electron chi connectivity index (χ3n) is 3.27. The van der Waals surface area contributed by atoms with Gasteiger partial charge in [0.25, 0.3) is 0 Å². The lowest BCUT2D eigenvalue weighted by Crippen LogP contribution is -2.46. The quantitative estimate of drug-likeness (QED) is 0.826. The Kier molecular flexibility index (Phi) is 5.09. The van der Waals surface area contributed by atoms with Crippen LogP contribution in [0.5, 0.6) is 0 Å². The minimum Gasteiger partial charge on any atom is -0.213 e. The Bertz CT molecular complexity index is 711. The SMILES string of the molecule is CS(=O)(=O)NC1CCN(S(=O)(=O)c2cccc(Br)c2)CC1. The number of hydrogen-bond acceptors (Lipinski definition) is 4. The van der Waals surface area contributed by atoms with Crippen molar-refractivity contribution in [2.24, 2.45) is 0 Å². The maximum absolute atomic E-state index is 12.5. The molecule has 2 rings (SSSR count). The lowest BCUT2D eigenvalue weighted by atomic mass is 10.1. The predicted octanol–water partition coefficient (Wildman–Crippen LogP) is 1.15. The van der Waals surface area contributed by atoms with Gasteiger partial charge in [0.1, 0.15) is 0 Å². The van der Waals surface area contributed by atoms with Crippen molar-refractivity contribution in [3.8, 4) is 0 Å². The molecular weight excluding hydrogens is 380 g/mol. The number of hydrogen-bond donors (Lipinski definition) is 1. The van der Waals surface area contributed by atoms with Crippen LogP contribution in [-0.2, 0) is 20.0 Å². The van der Waals surface area contributed by atoms with Gasteiger partial charge in [0.2, 0.25) is 20.0 Å². The van der Waals surface area contributed by atoms with Crippen LogP contribution in [0.15, 0.2) is 33.6 Å². The Morgan fingerprint density at radius 3 is 2.33 bits per heavy atom. The number of nitrogens with one attached hydrogen (secondary N) is 1. The Hall–Kier alpha value is -0.480. The largest absolute Gasteiger partial charge is 0.243 e. The topological polar surface area (TPSA) is 83.6 Å². The zero-order chi connectivity index (χ0) is 15.7. The molecule has 0 aliphatic carbocycles. The smallest absolute Gasteiger partial charge is 0.213 e. The highest BCUT2D eigenvalue weighted by Crippen LogP contribution is 2.23. The van der Waals surface area contributed by atoms with Crippen molar-refractivity contribution in [3.05, 3.63) is 28.7 Å². The average molecular weight is 397 g/mol. The van der Waals surface area contributed by atoms with Gasteiger partial charge in [-0.2, -0.15) is 4.31 Å². The second-order valence-corrected chi connectivity index (χ2v) is 9.66. The van der Waals surface area contributed by atoms with Gasteiger partial charge in [-0.25, -0.2) is 21.6 Å². The molecule has 0 radical (unpaired) electrons. The lowest BCUT2D eigenvalue weighted by molar-refractivity contribution is 0.309. The van der Waals surface area contributed by atoms with Crippen LogP contribution in [0.4, 0.5) is 0 Å². The van der Waals surface area contributed by atoms with Gasteiger partial charge in [-0.1, -0.05) is 22.0 Å². The average Bonchev–Trinajstić information content (AvgIpc) is 2.37. The van der Waals surface area contributed by atoms with Gasteiger partial charge in [0, 0.05) is 23.6 Å². The monoisotopic (exact) mass is 396 g/mol. The lowest BCUT2D eigenvalue weighted by Gasteiger charge is -2.31. The fourth-order valence-corrected chi connectivity index (χ4v) is 5.20. The fourth-order valence-electron chi connectivity index (χ4n) is 2.29. The minimum atomic E-state index is -3.53. The molecule has 6 nitrogen and oxygen atoms in total. The summed E-state index contributed by atoms with van der Waals surface area (Å²) in [5, 5.41) is 0. The summed E-state index contributed by atoms with van der Waals surface area (Å²) in [6, 6.07) is 6.36. The van der Waals surface area contributed by atoms with E-state index in [1.807, 2.05) is 0 Å². The summed E-state index contributed by atoms with van der Waals surface area (Å²) in [6.45, 7) is 0.615. The maximum Gasteiger partial charge on any atom is 0.243 e. The molecule has 0 saturated carbocycles. The second-order valence-electron chi connectivity index (χ2n) is 5.03. The molecule has 1 fully saturated rings. The van der Waals surface area contributed by atoms with Crippen molar-refractivity contribution in [3.63, 3.8) is 0 Å². The van der Waals surface area contributed by atoms with Crippen molar-refractivity contribution in [1.29, 1.82) is 0 Å². The van der Waals surface area contributed by atoms with E-state index >= 15 is 0 Å². The summed E-state index contributed by atoms with van der Waals surface area (Å²) in [5.74, 6) is 0. The summed E-state index contributed by atoms with van der Waals surface area (Å²) in [6.07, 6.45) is 2.05. The van der Waals surface area contributed by atoms with Gasteiger partial charge in [0.05, 0.1) is 11.2 Å². The number of sulfonamides is 2. The summed E-state index contributed by atoms with van der Waals surface area (Å²) < 4.78 is 52.0. The Balaban J connectivity index is 2.08. The maximum atomic E-state index is 12.5. The fraction of sp³-hybridized carbons (Fsp3) is 0.500. The van der Waals surface area contributed by atoms with Crippen LogP contribution >= 0.6 is 15.9 Å². The van der Waals surface area contributed by atoms with E-state index in [1.165, 1.54) is 4.31 Å². The molecule has 1 saturated heterocycles. The van der Waals surface area contributed by atoms with Gasteiger partial charge < -0.3 is 0 Å². The molecule has 118 valence electrons. The molecule has 0 spiro atoms. The molecule has 1 aliphatic rings. The van der Waals surface area contributed by atoms with Crippen LogP contribution in [0.25, 0.3) is 0 Å². The van der Waals surface area contributed by atoms with Crippen molar-refractivity contribution in [1.82, 2.24) is 9.03 Å². The molecule has 21 heavy (non-hydrogen) atoms. The van der Waals surface area contributed by atoms with Crippen LogP contribution in [0.3, 0.4) is 0 Å². The van der Waals surface area contributed by atoms with E-state index in [9.17, 15) is 16.8 Å². The Morgan fingerprint density at radius 1 is 1.19 bits per heavy atom. The van der Waals surface area contributed by atoms with Crippen molar-refractivity contribution in [2.45, 2.75) is 23.8 Å². The third-order valence-corrected chi connectivity index (χ3v) is 6.42. The zero-order valence-electron chi connectivity index (χ0n) is 11.5. The van der Waals surface area contributed by atoms with Gasteiger partial charge in [-0.05, 0) is 31.0 Å². The summed E-state index contributed by atoms with van der Waals surface area (Å²) in [5.41, 5.74) is 0. The normalized spacial score (nSPS) is 18.8. The highest BCUT2D eigenvalue weighted by molar-refractivity contribution is 9.10. The summed E-state index contributed by atoms with van der Waals surface area (Å²) in [7, 11) is -6.78. The van der Waals surface area contributed by atoms with E-state index in [-0.39, 0.29) is 10.9 Å². The third kappa shape index (κ3) is 4.49. The zero-order valence-corrected chi connectivity index (χ0v) is 14.7. The first kappa shape index (κ1) is 16.9. The van der Waals surface area contributed by atoms with Crippen molar-refractivity contribution < 1.29 is 16.8 Å². The predicted molar refractivity (Wildman–Crippen MR) is 83.9 cm³/mol. The van der Waals surface area contributed by atoms with E-state index in [0.717, 1.165) is 6.26 Å². The molecule has 0 aromatic heterocycles. The van der Waals surface area contributed by atoms with Gasteiger partial charge in [-0.3, -0.25) is 0 Å². The van der Waals surface area contributed by atoms with Crippen LogP contribution in [0.2, 0.25) is 0 Å². The summed E-state index contributed by atoms with van der Waals surface area (Å²) >= 11 is 3.26. The van der Waals surface area contributed by atoms with E-state index in [0.29, 0.717) is 30.4 Å². The van der Waals surface area contributed by atoms with E-state index in [1.54, 1.807) is 24.3 Å². The van der Waals surface area contributed by atoms with Crippen LogP contribution in [-0.4, -0.2) is 46.5 Å². The van der Waals surface area contributed by atoms with Crippen LogP contribution < -0.4 is 4.72 Å². The van der Waals surface area contributed by atoms with Crippen molar-refractivity contribution >= 4 is 36.0 Å². The van der Waals surface area contributed by atoms with Crippen LogP contribution in [0, 0.1) is 0 Å².